The number of aromatic nitrogens is 3. The molecule has 2 heterocycles. The average Bonchev–Trinajstić information content (AvgIpc) is 3.41. The minimum atomic E-state index is -0.532. The summed E-state index contributed by atoms with van der Waals surface area (Å²) in [4.78, 5) is 18.6. The Balaban J connectivity index is 1.44. The van der Waals surface area contributed by atoms with E-state index in [1.807, 2.05) is 69.3 Å². The Morgan fingerprint density at radius 2 is 1.81 bits per heavy atom. The lowest BCUT2D eigenvalue weighted by atomic mass is 9.94. The quantitative estimate of drug-likeness (QED) is 0.126. The molecule has 0 fully saturated rings. The Labute approximate surface area is 257 Å². The molecule has 224 valence electrons. The number of aryl methyl sites for hydroxylation is 1. The number of halogens is 1. The summed E-state index contributed by atoms with van der Waals surface area (Å²) in [5, 5.41) is 11.7. The van der Waals surface area contributed by atoms with Crippen LogP contribution in [0.4, 0.5) is 16.0 Å². The van der Waals surface area contributed by atoms with Gasteiger partial charge in [-0.15, -0.1) is 5.10 Å². The number of hydrogen-bond acceptors (Lipinski definition) is 6. The van der Waals surface area contributed by atoms with Gasteiger partial charge < -0.3 is 15.4 Å². The van der Waals surface area contributed by atoms with E-state index in [0.717, 1.165) is 41.0 Å². The van der Waals surface area contributed by atoms with E-state index >= 15 is 0 Å². The lowest BCUT2D eigenvalue weighted by molar-refractivity contribution is -0.113. The molecule has 5 rings (SSSR count). The molecule has 0 spiro atoms. The fraction of sp³-hybridized carbons (Fsp3) is 0.324. The number of anilines is 2. The maximum atomic E-state index is 14.3. The maximum Gasteiger partial charge on any atom is 0.255 e. The monoisotopic (exact) mass is 599 g/mol. The predicted molar refractivity (Wildman–Crippen MR) is 171 cm³/mol. The molecular weight excluding hydrogens is 561 g/mol. The SMILES string of the molecule is CCCCCCOc1ccc(C2C(C(=O)Nc3cccc(C)c3C)=C(C)Nc3nc(SCc4ccccc4F)nn32)cc1. The molecule has 1 atom stereocenters. The summed E-state index contributed by atoms with van der Waals surface area (Å²) in [5.74, 6) is 1.22. The molecule has 1 aromatic heterocycles. The first kappa shape index (κ1) is 30.4. The number of benzene rings is 3. The fourth-order valence-electron chi connectivity index (χ4n) is 5.09. The van der Waals surface area contributed by atoms with Crippen LogP contribution >= 0.6 is 11.8 Å². The van der Waals surface area contributed by atoms with E-state index in [2.05, 4.69) is 17.6 Å². The van der Waals surface area contributed by atoms with Crippen molar-refractivity contribution in [2.45, 2.75) is 70.3 Å². The third-order valence-electron chi connectivity index (χ3n) is 7.71. The van der Waals surface area contributed by atoms with Crippen LogP contribution in [0.15, 0.2) is 83.2 Å². The Kier molecular flexibility index (Phi) is 9.82. The van der Waals surface area contributed by atoms with Crippen molar-refractivity contribution >= 4 is 29.3 Å². The number of thioether (sulfide) groups is 1. The number of unbranched alkanes of at least 4 members (excludes halogenated alkanes) is 3. The first-order valence-electron chi connectivity index (χ1n) is 14.8. The summed E-state index contributed by atoms with van der Waals surface area (Å²) in [7, 11) is 0. The van der Waals surface area contributed by atoms with Crippen LogP contribution in [0.5, 0.6) is 5.75 Å². The normalized spacial score (nSPS) is 14.3. The molecule has 1 unspecified atom stereocenters. The second-order valence-corrected chi connectivity index (χ2v) is 11.7. The van der Waals surface area contributed by atoms with Crippen LogP contribution in [0, 0.1) is 19.7 Å². The molecule has 9 heteroatoms. The van der Waals surface area contributed by atoms with Crippen molar-refractivity contribution in [3.8, 4) is 5.75 Å². The van der Waals surface area contributed by atoms with Crippen LogP contribution in [-0.2, 0) is 10.5 Å². The van der Waals surface area contributed by atoms with Crippen molar-refractivity contribution in [3.63, 3.8) is 0 Å². The number of hydrogen-bond donors (Lipinski definition) is 2. The highest BCUT2D eigenvalue weighted by Gasteiger charge is 2.34. The summed E-state index contributed by atoms with van der Waals surface area (Å²) >= 11 is 1.35. The highest BCUT2D eigenvalue weighted by Crippen LogP contribution is 2.38. The minimum Gasteiger partial charge on any atom is -0.494 e. The van der Waals surface area contributed by atoms with Gasteiger partial charge in [0.25, 0.3) is 5.91 Å². The molecule has 0 saturated heterocycles. The van der Waals surface area contributed by atoms with Crippen LogP contribution in [0.25, 0.3) is 0 Å². The molecule has 0 aliphatic carbocycles. The van der Waals surface area contributed by atoms with Gasteiger partial charge in [-0.2, -0.15) is 4.98 Å². The number of carbonyl (C=O) groups is 1. The van der Waals surface area contributed by atoms with Crippen LogP contribution < -0.4 is 15.4 Å². The number of nitrogens with zero attached hydrogens (tertiary/aromatic N) is 3. The number of rotatable bonds is 12. The highest BCUT2D eigenvalue weighted by molar-refractivity contribution is 7.98. The third-order valence-corrected chi connectivity index (χ3v) is 8.59. The van der Waals surface area contributed by atoms with Crippen molar-refractivity contribution in [3.05, 3.63) is 106 Å². The number of fused-ring (bicyclic) bond motifs is 1. The summed E-state index contributed by atoms with van der Waals surface area (Å²) in [5.41, 5.74) is 5.57. The lowest BCUT2D eigenvalue weighted by Gasteiger charge is -2.29. The van der Waals surface area contributed by atoms with Gasteiger partial charge in [-0.3, -0.25) is 4.79 Å². The van der Waals surface area contributed by atoms with E-state index in [1.165, 1.54) is 30.7 Å². The molecule has 1 amide bonds. The van der Waals surface area contributed by atoms with Crippen molar-refractivity contribution < 1.29 is 13.9 Å². The Hall–Kier alpha value is -4.11. The van der Waals surface area contributed by atoms with Crippen LogP contribution in [0.3, 0.4) is 0 Å². The van der Waals surface area contributed by atoms with Crippen LogP contribution in [0.2, 0.25) is 0 Å². The van der Waals surface area contributed by atoms with Crippen molar-refractivity contribution in [1.82, 2.24) is 14.8 Å². The Morgan fingerprint density at radius 3 is 2.58 bits per heavy atom. The van der Waals surface area contributed by atoms with Crippen LogP contribution in [0.1, 0.15) is 67.8 Å². The molecule has 4 aromatic rings. The van der Waals surface area contributed by atoms with Gasteiger partial charge in [0.15, 0.2) is 0 Å². The van der Waals surface area contributed by atoms with E-state index < -0.39 is 6.04 Å². The topological polar surface area (TPSA) is 81.1 Å². The zero-order valence-electron chi connectivity index (χ0n) is 25.1. The molecule has 0 saturated carbocycles. The molecule has 1 aliphatic rings. The fourth-order valence-corrected chi connectivity index (χ4v) is 5.91. The second-order valence-electron chi connectivity index (χ2n) is 10.8. The second kappa shape index (κ2) is 13.9. The number of carbonyl (C=O) groups excluding carboxylic acids is 1. The third kappa shape index (κ3) is 7.10. The highest BCUT2D eigenvalue weighted by atomic mass is 32.2. The predicted octanol–water partition coefficient (Wildman–Crippen LogP) is 8.21. The summed E-state index contributed by atoms with van der Waals surface area (Å²) < 4.78 is 22.0. The number of nitrogens with one attached hydrogen (secondary N) is 2. The molecule has 0 radical (unpaired) electrons. The van der Waals surface area contributed by atoms with Gasteiger partial charge in [-0.05, 0) is 73.7 Å². The van der Waals surface area contributed by atoms with E-state index in [0.29, 0.717) is 40.3 Å². The summed E-state index contributed by atoms with van der Waals surface area (Å²) in [6, 6.07) is 19.9. The van der Waals surface area contributed by atoms with E-state index in [9.17, 15) is 9.18 Å². The number of ether oxygens (including phenoxy) is 1. The van der Waals surface area contributed by atoms with E-state index in [4.69, 9.17) is 14.8 Å². The molecule has 0 bridgehead atoms. The average molecular weight is 600 g/mol. The number of amides is 1. The zero-order chi connectivity index (χ0) is 30.3. The van der Waals surface area contributed by atoms with Crippen molar-refractivity contribution in [2.75, 3.05) is 17.2 Å². The first-order valence-corrected chi connectivity index (χ1v) is 15.7. The summed E-state index contributed by atoms with van der Waals surface area (Å²) in [6.07, 6.45) is 4.56. The lowest BCUT2D eigenvalue weighted by Crippen LogP contribution is -2.31. The molecule has 7 nitrogen and oxygen atoms in total. The van der Waals surface area contributed by atoms with Crippen molar-refractivity contribution in [1.29, 1.82) is 0 Å². The minimum absolute atomic E-state index is 0.221. The smallest absolute Gasteiger partial charge is 0.255 e. The van der Waals surface area contributed by atoms with Crippen molar-refractivity contribution in [2.24, 2.45) is 0 Å². The molecule has 43 heavy (non-hydrogen) atoms. The Morgan fingerprint density at radius 1 is 1.02 bits per heavy atom. The van der Waals surface area contributed by atoms with E-state index in [1.54, 1.807) is 16.8 Å². The zero-order valence-corrected chi connectivity index (χ0v) is 25.9. The summed E-state index contributed by atoms with van der Waals surface area (Å²) in [6.45, 7) is 8.76. The Bertz CT molecular complexity index is 1620. The molecular formula is C34H38FN5O2S. The maximum absolute atomic E-state index is 14.3. The largest absolute Gasteiger partial charge is 0.494 e. The van der Waals surface area contributed by atoms with Gasteiger partial charge in [0, 0.05) is 17.1 Å². The van der Waals surface area contributed by atoms with Gasteiger partial charge in [0.05, 0.1) is 12.2 Å². The standard InChI is InChI=1S/C34H38FN5O2S/c1-5-6-7-10-20-42-27-18-16-25(17-19-27)31-30(32(41)37-29-15-11-12-22(2)23(29)3)24(4)36-33-38-34(39-40(31)33)43-21-26-13-8-9-14-28(26)35/h8-9,11-19,31H,5-7,10,20-21H2,1-4H3,(H,37,41)(H,36,38,39). The number of allylic oxidation sites excluding steroid dienone is 1. The van der Waals surface area contributed by atoms with Gasteiger partial charge in [0.2, 0.25) is 11.1 Å². The molecule has 2 N–H and O–H groups in total. The van der Waals surface area contributed by atoms with Gasteiger partial charge in [-0.1, -0.05) is 80.4 Å². The van der Waals surface area contributed by atoms with Crippen LogP contribution in [-0.4, -0.2) is 27.3 Å². The first-order chi connectivity index (χ1) is 20.9. The van der Waals surface area contributed by atoms with Gasteiger partial charge >= 0.3 is 0 Å². The molecule has 3 aromatic carbocycles. The molecule has 1 aliphatic heterocycles. The van der Waals surface area contributed by atoms with Gasteiger partial charge in [-0.25, -0.2) is 9.07 Å². The van der Waals surface area contributed by atoms with E-state index in [-0.39, 0.29) is 11.7 Å². The van der Waals surface area contributed by atoms with Gasteiger partial charge in [0.1, 0.15) is 17.6 Å².